The monoisotopic (exact) mass is 432 g/mol. The van der Waals surface area contributed by atoms with Crippen LogP contribution in [0.15, 0.2) is 64.2 Å². The van der Waals surface area contributed by atoms with Crippen molar-refractivity contribution in [1.82, 2.24) is 19.0 Å². The van der Waals surface area contributed by atoms with Crippen LogP contribution in [-0.4, -0.2) is 31.5 Å². The molecule has 7 nitrogen and oxygen atoms in total. The number of nitrogens with one attached hydrogen (secondary N) is 1. The van der Waals surface area contributed by atoms with Gasteiger partial charge in [0.15, 0.2) is 0 Å². The Balaban J connectivity index is 1.72. The van der Waals surface area contributed by atoms with Crippen molar-refractivity contribution in [3.8, 4) is 0 Å². The molecule has 8 heteroatoms. The minimum atomic E-state index is -0.723. The average Bonchev–Trinajstić information content (AvgIpc) is 3.18. The first-order valence-electron chi connectivity index (χ1n) is 10.3. The lowest BCUT2D eigenvalue weighted by atomic mass is 9.91. The maximum absolute atomic E-state index is 15.0. The number of carbonyl (C=O) groups excluding carboxylic acids is 1. The van der Waals surface area contributed by atoms with Crippen LogP contribution < -0.4 is 11.2 Å². The van der Waals surface area contributed by atoms with E-state index >= 15 is 0 Å². The van der Waals surface area contributed by atoms with E-state index in [1.54, 1.807) is 18.2 Å². The predicted molar refractivity (Wildman–Crippen MR) is 118 cm³/mol. The van der Waals surface area contributed by atoms with Crippen LogP contribution in [0.5, 0.6) is 0 Å². The van der Waals surface area contributed by atoms with Crippen molar-refractivity contribution in [2.45, 2.75) is 12.5 Å². The van der Waals surface area contributed by atoms with Gasteiger partial charge in [0.05, 0.1) is 0 Å². The van der Waals surface area contributed by atoms with E-state index in [9.17, 15) is 18.8 Å². The Hall–Kier alpha value is -3.94. The van der Waals surface area contributed by atoms with E-state index in [1.807, 2.05) is 24.3 Å². The zero-order valence-electron chi connectivity index (χ0n) is 17.6. The molecule has 3 heterocycles. The molecule has 32 heavy (non-hydrogen) atoms. The van der Waals surface area contributed by atoms with Gasteiger partial charge in [0.25, 0.3) is 11.5 Å². The van der Waals surface area contributed by atoms with Crippen molar-refractivity contribution in [2.75, 3.05) is 6.54 Å². The third-order valence-corrected chi connectivity index (χ3v) is 6.24. The normalized spacial score (nSPS) is 15.7. The largest absolute Gasteiger partial charge is 0.356 e. The summed E-state index contributed by atoms with van der Waals surface area (Å²) in [5.74, 6) is -0.931. The van der Waals surface area contributed by atoms with Gasteiger partial charge in [0.2, 0.25) is 0 Å². The second-order valence-electron chi connectivity index (χ2n) is 8.00. The van der Waals surface area contributed by atoms with E-state index < -0.39 is 29.0 Å². The molecule has 162 valence electrons. The minimum Gasteiger partial charge on any atom is -0.356 e. The number of carbonyl (C=O) groups is 1. The molecular weight excluding hydrogens is 411 g/mol. The number of amides is 1. The topological polar surface area (TPSA) is 80.1 Å². The number of rotatable bonds is 2. The highest BCUT2D eigenvalue weighted by Crippen LogP contribution is 2.39. The maximum atomic E-state index is 15.0. The van der Waals surface area contributed by atoms with Crippen LogP contribution >= 0.6 is 0 Å². The zero-order valence-corrected chi connectivity index (χ0v) is 17.6. The number of fused-ring (bicyclic) bond motifs is 3. The van der Waals surface area contributed by atoms with E-state index in [-0.39, 0.29) is 5.69 Å². The molecule has 1 unspecified atom stereocenters. The molecule has 2 aromatic heterocycles. The van der Waals surface area contributed by atoms with Gasteiger partial charge in [-0.25, -0.2) is 9.18 Å². The van der Waals surface area contributed by atoms with Crippen LogP contribution in [0.4, 0.5) is 4.39 Å². The number of aromatic nitrogens is 3. The molecule has 1 aliphatic rings. The second-order valence-corrected chi connectivity index (χ2v) is 8.00. The van der Waals surface area contributed by atoms with E-state index in [0.717, 1.165) is 37.4 Å². The van der Waals surface area contributed by atoms with Crippen molar-refractivity contribution in [3.05, 3.63) is 104 Å². The first-order valence-corrected chi connectivity index (χ1v) is 10.3. The molecule has 1 N–H and O–H groups in total. The van der Waals surface area contributed by atoms with Gasteiger partial charge in [-0.1, -0.05) is 36.4 Å². The van der Waals surface area contributed by atoms with Crippen molar-refractivity contribution in [1.29, 1.82) is 0 Å². The number of halogens is 1. The van der Waals surface area contributed by atoms with E-state index in [1.165, 1.54) is 25.1 Å². The SMILES string of the molecule is Cn1c(C(=O)N2CCc3c([nH]c4ccccc34)C2c2ccccc2F)cc(=O)n(C)c1=O. The van der Waals surface area contributed by atoms with Crippen molar-refractivity contribution in [3.63, 3.8) is 0 Å². The fourth-order valence-electron chi connectivity index (χ4n) is 4.57. The molecule has 2 aromatic carbocycles. The zero-order chi connectivity index (χ0) is 22.6. The Morgan fingerprint density at radius 1 is 1.03 bits per heavy atom. The Bertz CT molecular complexity index is 1500. The van der Waals surface area contributed by atoms with Gasteiger partial charge in [0.1, 0.15) is 17.6 Å². The lowest BCUT2D eigenvalue weighted by Gasteiger charge is -2.36. The fourth-order valence-corrected chi connectivity index (χ4v) is 4.57. The number of hydrogen-bond acceptors (Lipinski definition) is 3. The molecule has 0 saturated heterocycles. The standard InChI is InChI=1S/C24H21FN4O3/c1-27-19(13-20(30)28(2)24(27)32)23(31)29-12-11-15-14-7-4-6-10-18(14)26-21(15)22(29)16-8-3-5-9-17(16)25/h3-10,13,22,26H,11-12H2,1-2H3. The molecule has 0 spiro atoms. The number of H-pyrrole nitrogens is 1. The number of hydrogen-bond donors (Lipinski definition) is 1. The van der Waals surface area contributed by atoms with E-state index in [2.05, 4.69) is 4.98 Å². The number of aromatic amines is 1. The van der Waals surface area contributed by atoms with Gasteiger partial charge in [0, 0.05) is 48.9 Å². The molecule has 0 aliphatic carbocycles. The van der Waals surface area contributed by atoms with Crippen LogP contribution in [0.25, 0.3) is 10.9 Å². The molecule has 1 atom stereocenters. The van der Waals surface area contributed by atoms with Crippen LogP contribution in [0, 0.1) is 5.82 Å². The smallest absolute Gasteiger partial charge is 0.331 e. The maximum Gasteiger partial charge on any atom is 0.331 e. The molecule has 1 aliphatic heterocycles. The summed E-state index contributed by atoms with van der Waals surface area (Å²) in [5, 5.41) is 1.04. The fraction of sp³-hybridized carbons (Fsp3) is 0.208. The van der Waals surface area contributed by atoms with Gasteiger partial charge >= 0.3 is 5.69 Å². The van der Waals surface area contributed by atoms with Crippen molar-refractivity contribution < 1.29 is 9.18 Å². The summed E-state index contributed by atoms with van der Waals surface area (Å²) in [6.45, 7) is 0.316. The van der Waals surface area contributed by atoms with E-state index in [4.69, 9.17) is 0 Å². The third kappa shape index (κ3) is 2.90. The molecule has 4 aromatic rings. The summed E-state index contributed by atoms with van der Waals surface area (Å²) in [4.78, 5) is 43.2. The van der Waals surface area contributed by atoms with Crippen LogP contribution in [0.3, 0.4) is 0 Å². The highest BCUT2D eigenvalue weighted by atomic mass is 19.1. The molecule has 0 saturated carbocycles. The molecule has 0 bridgehead atoms. The van der Waals surface area contributed by atoms with Gasteiger partial charge < -0.3 is 9.88 Å². The Morgan fingerprint density at radius 2 is 1.75 bits per heavy atom. The molecular formula is C24H21FN4O3. The summed E-state index contributed by atoms with van der Waals surface area (Å²) in [6.07, 6.45) is 0.564. The van der Waals surface area contributed by atoms with Gasteiger partial charge in [-0.2, -0.15) is 0 Å². The number of nitrogens with zero attached hydrogens (tertiary/aromatic N) is 3. The Morgan fingerprint density at radius 3 is 2.53 bits per heavy atom. The summed E-state index contributed by atoms with van der Waals surface area (Å²) >= 11 is 0. The summed E-state index contributed by atoms with van der Waals surface area (Å²) in [5.41, 5.74) is 1.85. The lowest BCUT2D eigenvalue weighted by Crippen LogP contribution is -2.45. The quantitative estimate of drug-likeness (QED) is 0.529. The molecule has 5 rings (SSSR count). The average molecular weight is 432 g/mol. The van der Waals surface area contributed by atoms with Gasteiger partial charge in [-0.15, -0.1) is 0 Å². The van der Waals surface area contributed by atoms with Crippen molar-refractivity contribution in [2.24, 2.45) is 14.1 Å². The number of benzene rings is 2. The highest BCUT2D eigenvalue weighted by Gasteiger charge is 2.37. The van der Waals surface area contributed by atoms with Crippen LogP contribution in [-0.2, 0) is 20.5 Å². The van der Waals surface area contributed by atoms with E-state index in [0.29, 0.717) is 18.5 Å². The molecule has 0 radical (unpaired) electrons. The van der Waals surface area contributed by atoms with Gasteiger partial charge in [-0.3, -0.25) is 18.7 Å². The van der Waals surface area contributed by atoms with Crippen molar-refractivity contribution >= 4 is 16.8 Å². The lowest BCUT2D eigenvalue weighted by molar-refractivity contribution is 0.0677. The first-order chi connectivity index (χ1) is 15.4. The molecule has 0 fully saturated rings. The second kappa shape index (κ2) is 7.33. The van der Waals surface area contributed by atoms with Gasteiger partial charge in [-0.05, 0) is 24.1 Å². The summed E-state index contributed by atoms with van der Waals surface area (Å²) < 4.78 is 17.1. The summed E-state index contributed by atoms with van der Waals surface area (Å²) in [6, 6.07) is 14.6. The van der Waals surface area contributed by atoms with Crippen LogP contribution in [0.1, 0.15) is 33.4 Å². The minimum absolute atomic E-state index is 0.0287. The Kier molecular flexibility index (Phi) is 4.58. The van der Waals surface area contributed by atoms with Crippen LogP contribution in [0.2, 0.25) is 0 Å². The third-order valence-electron chi connectivity index (χ3n) is 6.24. The number of para-hydroxylation sites is 1. The predicted octanol–water partition coefficient (Wildman–Crippen LogP) is 2.49. The first kappa shape index (κ1) is 20.0. The molecule has 1 amide bonds. The highest BCUT2D eigenvalue weighted by molar-refractivity contribution is 5.94. The summed E-state index contributed by atoms with van der Waals surface area (Å²) in [7, 11) is 2.81. The Labute approximate surface area is 182 Å².